The lowest BCUT2D eigenvalue weighted by molar-refractivity contribution is -0.193. The number of aliphatic carboxylic acids is 2. The molecule has 0 fully saturated rings. The van der Waals surface area contributed by atoms with Crippen LogP contribution in [0.3, 0.4) is 0 Å². The highest BCUT2D eigenvalue weighted by atomic mass is 19.4. The lowest BCUT2D eigenvalue weighted by Crippen LogP contribution is -2.33. The summed E-state index contributed by atoms with van der Waals surface area (Å²) in [6.45, 7) is 7.79. The monoisotopic (exact) mass is 812 g/mol. The number of carbonyl (C=O) groups is 3. The maximum absolute atomic E-state index is 13.2. The summed E-state index contributed by atoms with van der Waals surface area (Å²) in [6.07, 6.45) is -8.91. The Bertz CT molecular complexity index is 2050. The van der Waals surface area contributed by atoms with E-state index in [0.29, 0.717) is 24.4 Å². The summed E-state index contributed by atoms with van der Waals surface area (Å²) in [6, 6.07) is 19.8. The minimum Gasteiger partial charge on any atom is -0.493 e. The van der Waals surface area contributed by atoms with Gasteiger partial charge in [-0.2, -0.15) is 31.0 Å². The Morgan fingerprint density at radius 1 is 0.912 bits per heavy atom. The summed E-state index contributed by atoms with van der Waals surface area (Å²) in [4.78, 5) is 47.9. The Kier molecular flexibility index (Phi) is 16.2. The number of para-hydroxylation sites is 1. The van der Waals surface area contributed by atoms with E-state index in [9.17, 15) is 41.0 Å². The molecule has 14 nitrogen and oxygen atoms in total. The second kappa shape index (κ2) is 19.6. The van der Waals surface area contributed by atoms with Crippen LogP contribution >= 0.6 is 0 Å². The molecular weight excluding hydrogens is 770 g/mol. The average molecular weight is 813 g/mol. The van der Waals surface area contributed by atoms with E-state index >= 15 is 0 Å². The van der Waals surface area contributed by atoms with Crippen molar-refractivity contribution in [1.82, 2.24) is 19.7 Å². The van der Waals surface area contributed by atoms with Crippen LogP contribution in [0.2, 0.25) is 0 Å². The third kappa shape index (κ3) is 14.8. The van der Waals surface area contributed by atoms with E-state index in [4.69, 9.17) is 35.7 Å². The van der Waals surface area contributed by atoms with E-state index in [-0.39, 0.29) is 22.5 Å². The molecule has 1 atom stereocenters. The fourth-order valence-electron chi connectivity index (χ4n) is 5.28. The third-order valence-corrected chi connectivity index (χ3v) is 7.69. The number of nitrogens with two attached hydrogens (primary N) is 1. The molecule has 4 aromatic rings. The van der Waals surface area contributed by atoms with Gasteiger partial charge < -0.3 is 30.7 Å². The van der Waals surface area contributed by atoms with Gasteiger partial charge >= 0.3 is 36.0 Å². The second-order valence-corrected chi connectivity index (χ2v) is 13.5. The van der Waals surface area contributed by atoms with Gasteiger partial charge in [0.25, 0.3) is 0 Å². The number of carboxylic acids is 3. The molecule has 57 heavy (non-hydrogen) atoms. The number of rotatable bonds is 13. The van der Waals surface area contributed by atoms with Crippen LogP contribution in [-0.4, -0.2) is 98.3 Å². The Labute approximate surface area is 322 Å². The molecule has 0 aliphatic rings. The van der Waals surface area contributed by atoms with Gasteiger partial charge in [0.15, 0.2) is 0 Å². The van der Waals surface area contributed by atoms with E-state index in [1.165, 1.54) is 6.07 Å². The van der Waals surface area contributed by atoms with Gasteiger partial charge in [0.05, 0.1) is 17.9 Å². The number of amidine groups is 1. The van der Waals surface area contributed by atoms with Gasteiger partial charge in [-0.3, -0.25) is 10.4 Å². The Morgan fingerprint density at radius 3 is 1.93 bits per heavy atom. The van der Waals surface area contributed by atoms with Crippen molar-refractivity contribution in [2.24, 2.45) is 11.1 Å². The van der Waals surface area contributed by atoms with Crippen molar-refractivity contribution < 1.29 is 60.8 Å². The van der Waals surface area contributed by atoms with Crippen LogP contribution in [0, 0.1) is 10.8 Å². The van der Waals surface area contributed by atoms with Crippen LogP contribution in [0.5, 0.6) is 5.75 Å². The molecule has 1 aromatic heterocycles. The number of aromatic amines is 1. The van der Waals surface area contributed by atoms with Gasteiger partial charge in [-0.25, -0.2) is 19.2 Å². The first-order chi connectivity index (χ1) is 26.2. The zero-order valence-corrected chi connectivity index (χ0v) is 31.3. The predicted molar refractivity (Wildman–Crippen MR) is 195 cm³/mol. The van der Waals surface area contributed by atoms with E-state index in [2.05, 4.69) is 41.8 Å². The van der Waals surface area contributed by atoms with Gasteiger partial charge in [0.1, 0.15) is 17.4 Å². The highest BCUT2D eigenvalue weighted by molar-refractivity contribution is 5.95. The topological polar surface area (TPSA) is 225 Å². The molecular formula is C37H42F6N6O8. The molecule has 1 unspecified atom stereocenters. The summed E-state index contributed by atoms with van der Waals surface area (Å²) >= 11 is 0. The molecule has 310 valence electrons. The zero-order chi connectivity index (χ0) is 43.5. The molecule has 0 saturated carbocycles. The number of carboxylic acid groups (broad SMARTS) is 3. The van der Waals surface area contributed by atoms with Gasteiger partial charge in [-0.05, 0) is 67.9 Å². The van der Waals surface area contributed by atoms with E-state index in [0.717, 1.165) is 40.1 Å². The first-order valence-corrected chi connectivity index (χ1v) is 16.7. The number of benzene rings is 3. The molecule has 0 bridgehead atoms. The molecule has 0 aliphatic heterocycles. The van der Waals surface area contributed by atoms with Crippen molar-refractivity contribution in [3.8, 4) is 11.4 Å². The number of hydrogen-bond donors (Lipinski definition) is 6. The largest absolute Gasteiger partial charge is 0.493 e. The Morgan fingerprint density at radius 2 is 1.46 bits per heavy atom. The van der Waals surface area contributed by atoms with Crippen molar-refractivity contribution in [1.29, 1.82) is 5.41 Å². The number of H-pyrrole nitrogens is 1. The average Bonchev–Trinajstić information content (AvgIpc) is 3.49. The number of aryl methyl sites for hydroxylation is 1. The van der Waals surface area contributed by atoms with Gasteiger partial charge in [-0.15, -0.1) is 5.10 Å². The molecule has 0 radical (unpaired) electrons. The lowest BCUT2D eigenvalue weighted by atomic mass is 9.89. The number of halogens is 6. The van der Waals surface area contributed by atoms with E-state index in [1.807, 2.05) is 38.4 Å². The van der Waals surface area contributed by atoms with Crippen LogP contribution in [0.25, 0.3) is 5.69 Å². The first kappa shape index (κ1) is 47.0. The number of nitrogens with one attached hydrogen (secondary N) is 2. The van der Waals surface area contributed by atoms with Crippen molar-refractivity contribution in [3.05, 3.63) is 111 Å². The minimum atomic E-state index is -5.08. The molecule has 0 aliphatic carbocycles. The van der Waals surface area contributed by atoms with Gasteiger partial charge in [0, 0.05) is 23.4 Å². The predicted octanol–water partition coefficient (Wildman–Crippen LogP) is 5.71. The summed E-state index contributed by atoms with van der Waals surface area (Å²) in [5, 5.41) is 36.3. The molecule has 1 heterocycles. The SMILES string of the molecule is CCc1cc(OCC(C)(C)CN(C)C)cc(C(Cc2ccc(C(=N)N)cc2)c2nn(-c3ccccc3C(=O)O)c(=O)[nH]2)c1.O=C(O)C(F)(F)F.O=C(O)C(F)(F)F. The molecule has 7 N–H and O–H groups in total. The maximum atomic E-state index is 13.2. The highest BCUT2D eigenvalue weighted by Gasteiger charge is 2.39. The fourth-order valence-corrected chi connectivity index (χ4v) is 5.28. The summed E-state index contributed by atoms with van der Waals surface area (Å²) in [5.41, 5.74) is 8.76. The smallest absolute Gasteiger partial charge is 0.490 e. The van der Waals surface area contributed by atoms with Gasteiger partial charge in [0.2, 0.25) is 0 Å². The van der Waals surface area contributed by atoms with E-state index in [1.54, 1.807) is 30.3 Å². The molecule has 3 aromatic carbocycles. The standard InChI is InChI=1S/C33H40N6O4.2C2HF3O2/c1-6-21-15-24(18-25(16-21)43-20-33(2,3)19-38(4)5)27(17-22-11-13-23(14-12-22)29(34)35)30-36-32(42)39(37-30)28-10-8-7-9-26(28)31(40)41;2*3-2(4,5)1(6)7/h7-16,18,27H,6,17,19-20H2,1-5H3,(H3,34,35)(H,40,41)(H,36,37,42);2*(H,6,7). The van der Waals surface area contributed by atoms with Crippen molar-refractivity contribution in [2.75, 3.05) is 27.2 Å². The first-order valence-electron chi connectivity index (χ1n) is 16.7. The molecule has 0 saturated heterocycles. The van der Waals surface area contributed by atoms with E-state index < -0.39 is 41.9 Å². The summed E-state index contributed by atoms with van der Waals surface area (Å²) in [5.74, 6) is -5.94. The van der Waals surface area contributed by atoms with Crippen LogP contribution in [-0.2, 0) is 22.4 Å². The number of aromatic carboxylic acids is 1. The maximum Gasteiger partial charge on any atom is 0.490 e. The van der Waals surface area contributed by atoms with Crippen LogP contribution in [0.1, 0.15) is 65.1 Å². The highest BCUT2D eigenvalue weighted by Crippen LogP contribution is 2.32. The lowest BCUT2D eigenvalue weighted by Gasteiger charge is -2.28. The van der Waals surface area contributed by atoms with Crippen LogP contribution in [0.15, 0.2) is 71.5 Å². The number of nitrogen functional groups attached to an aromatic ring is 1. The molecule has 0 spiro atoms. The molecule has 4 rings (SSSR count). The number of hydrogen-bond acceptors (Lipinski definition) is 8. The van der Waals surface area contributed by atoms with Crippen molar-refractivity contribution >= 4 is 23.7 Å². The second-order valence-electron chi connectivity index (χ2n) is 13.5. The number of ether oxygens (including phenoxy) is 1. The van der Waals surface area contributed by atoms with Crippen LogP contribution < -0.4 is 16.2 Å². The molecule has 0 amide bonds. The van der Waals surface area contributed by atoms with Crippen molar-refractivity contribution in [3.63, 3.8) is 0 Å². The fraction of sp³-hybridized carbons (Fsp3) is 0.351. The summed E-state index contributed by atoms with van der Waals surface area (Å²) < 4.78 is 70.9. The normalized spacial score (nSPS) is 12.1. The number of aromatic nitrogens is 3. The summed E-state index contributed by atoms with van der Waals surface area (Å²) in [7, 11) is 4.08. The zero-order valence-electron chi connectivity index (χ0n) is 31.3. The third-order valence-electron chi connectivity index (χ3n) is 7.69. The number of nitrogens with zero attached hydrogens (tertiary/aromatic N) is 3. The number of alkyl halides is 6. The van der Waals surface area contributed by atoms with Gasteiger partial charge in [-0.1, -0.05) is 63.2 Å². The Hall–Kier alpha value is -6.18. The van der Waals surface area contributed by atoms with Crippen molar-refractivity contribution in [2.45, 2.75) is 51.9 Å². The molecule has 20 heteroatoms. The minimum absolute atomic E-state index is 0.0158. The van der Waals surface area contributed by atoms with Crippen LogP contribution in [0.4, 0.5) is 26.3 Å². The quantitative estimate of drug-likeness (QED) is 0.0545. The Balaban J connectivity index is 0.000000682.